The Bertz CT molecular complexity index is 175. The smallest absolute Gasteiger partial charge is 0.304 e. The van der Waals surface area contributed by atoms with Crippen molar-refractivity contribution in [1.29, 1.82) is 0 Å². The van der Waals surface area contributed by atoms with Gasteiger partial charge in [-0.15, -0.1) is 0 Å². The second kappa shape index (κ2) is 5.16. The van der Waals surface area contributed by atoms with E-state index in [2.05, 4.69) is 5.32 Å². The normalized spacial score (nSPS) is 25.5. The number of carboxylic acid groups (broad SMARTS) is 1. The molecule has 0 amide bonds. The van der Waals surface area contributed by atoms with Crippen molar-refractivity contribution in [2.24, 2.45) is 0 Å². The Morgan fingerprint density at radius 3 is 3.08 bits per heavy atom. The van der Waals surface area contributed by atoms with E-state index in [0.29, 0.717) is 19.6 Å². The molecule has 5 heteroatoms. The Labute approximate surface area is 77.3 Å². The quantitative estimate of drug-likeness (QED) is 0.515. The fraction of sp³-hybridized carbons (Fsp3) is 0.875. The summed E-state index contributed by atoms with van der Waals surface area (Å²) in [6.07, 6.45) is -0.233. The van der Waals surface area contributed by atoms with Crippen LogP contribution in [0.15, 0.2) is 0 Å². The molecule has 1 atom stereocenters. The topological polar surface area (TPSA) is 72.8 Å². The molecule has 1 aliphatic rings. The number of β-amino-alcohol motifs (C(OH)–C–C–N with tert-alkyl or cyclic N) is 1. The van der Waals surface area contributed by atoms with E-state index in [-0.39, 0.29) is 12.5 Å². The maximum atomic E-state index is 10.3. The van der Waals surface area contributed by atoms with Crippen molar-refractivity contribution in [3.63, 3.8) is 0 Å². The van der Waals surface area contributed by atoms with Crippen LogP contribution >= 0.6 is 0 Å². The van der Waals surface area contributed by atoms with Gasteiger partial charge in [0.25, 0.3) is 0 Å². The van der Waals surface area contributed by atoms with Crippen LogP contribution in [0.2, 0.25) is 0 Å². The second-order valence-electron chi connectivity index (χ2n) is 3.30. The number of hydrogen-bond acceptors (Lipinski definition) is 4. The number of aliphatic hydroxyl groups excluding tert-OH is 1. The summed E-state index contributed by atoms with van der Waals surface area (Å²) in [5, 5.41) is 20.9. The minimum atomic E-state index is -0.785. The number of aliphatic carboxylic acids is 1. The molecule has 1 rings (SSSR count). The first-order valence-electron chi connectivity index (χ1n) is 4.51. The van der Waals surface area contributed by atoms with E-state index < -0.39 is 5.97 Å². The van der Waals surface area contributed by atoms with Crippen LogP contribution in [-0.2, 0) is 4.79 Å². The molecule has 5 nitrogen and oxygen atoms in total. The van der Waals surface area contributed by atoms with E-state index in [0.717, 1.165) is 13.1 Å². The van der Waals surface area contributed by atoms with Gasteiger partial charge in [-0.3, -0.25) is 9.69 Å². The van der Waals surface area contributed by atoms with Gasteiger partial charge >= 0.3 is 5.97 Å². The fourth-order valence-electron chi connectivity index (χ4n) is 1.42. The second-order valence-corrected chi connectivity index (χ2v) is 3.30. The molecule has 0 saturated carbocycles. The van der Waals surface area contributed by atoms with Crippen molar-refractivity contribution in [1.82, 2.24) is 10.2 Å². The predicted molar refractivity (Wildman–Crippen MR) is 47.6 cm³/mol. The molecule has 13 heavy (non-hydrogen) atoms. The average molecular weight is 188 g/mol. The van der Waals surface area contributed by atoms with Crippen molar-refractivity contribution in [2.75, 3.05) is 32.7 Å². The zero-order valence-electron chi connectivity index (χ0n) is 7.57. The number of aliphatic hydroxyl groups is 1. The fourth-order valence-corrected chi connectivity index (χ4v) is 1.42. The molecule has 3 N–H and O–H groups in total. The molecule has 1 unspecified atom stereocenters. The molecule has 0 spiro atoms. The van der Waals surface area contributed by atoms with E-state index in [1.165, 1.54) is 0 Å². The van der Waals surface area contributed by atoms with Gasteiger partial charge in [-0.1, -0.05) is 0 Å². The lowest BCUT2D eigenvalue weighted by molar-refractivity contribution is -0.137. The largest absolute Gasteiger partial charge is 0.481 e. The number of rotatable bonds is 3. The number of carboxylic acids is 1. The summed E-state index contributed by atoms with van der Waals surface area (Å²) in [6.45, 7) is 3.32. The van der Waals surface area contributed by atoms with Gasteiger partial charge in [0.1, 0.15) is 0 Å². The minimum absolute atomic E-state index is 0.146. The molecular weight excluding hydrogens is 172 g/mol. The van der Waals surface area contributed by atoms with Gasteiger partial charge < -0.3 is 15.5 Å². The third-order valence-electron chi connectivity index (χ3n) is 2.10. The summed E-state index contributed by atoms with van der Waals surface area (Å²) in [5.74, 6) is -0.785. The zero-order chi connectivity index (χ0) is 9.68. The van der Waals surface area contributed by atoms with Gasteiger partial charge in [-0.05, 0) is 0 Å². The molecule has 0 bridgehead atoms. The Morgan fingerprint density at radius 1 is 1.62 bits per heavy atom. The standard InChI is InChI=1S/C8H16N2O3/c11-7-5-9-2-4-10(6-7)3-1-8(12)13/h7,9,11H,1-6H2,(H,12,13). The molecule has 0 aliphatic carbocycles. The summed E-state index contributed by atoms with van der Waals surface area (Å²) in [7, 11) is 0. The summed E-state index contributed by atoms with van der Waals surface area (Å²) < 4.78 is 0. The lowest BCUT2D eigenvalue weighted by atomic mass is 10.3. The van der Waals surface area contributed by atoms with Crippen LogP contribution in [0.1, 0.15) is 6.42 Å². The molecule has 0 aromatic carbocycles. The van der Waals surface area contributed by atoms with Crippen molar-refractivity contribution in [3.8, 4) is 0 Å². The van der Waals surface area contributed by atoms with Gasteiger partial charge in [0.15, 0.2) is 0 Å². The molecule has 1 aliphatic heterocycles. The highest BCUT2D eigenvalue weighted by molar-refractivity contribution is 5.66. The van der Waals surface area contributed by atoms with Crippen molar-refractivity contribution in [3.05, 3.63) is 0 Å². The van der Waals surface area contributed by atoms with Crippen LogP contribution in [0.4, 0.5) is 0 Å². The Balaban J connectivity index is 2.26. The van der Waals surface area contributed by atoms with E-state index in [9.17, 15) is 9.90 Å². The highest BCUT2D eigenvalue weighted by Gasteiger charge is 2.15. The van der Waals surface area contributed by atoms with Gasteiger partial charge in [0.05, 0.1) is 12.5 Å². The highest BCUT2D eigenvalue weighted by atomic mass is 16.4. The van der Waals surface area contributed by atoms with Gasteiger partial charge in [0, 0.05) is 32.7 Å². The molecule has 0 aromatic rings. The number of nitrogens with one attached hydrogen (secondary N) is 1. The molecule has 76 valence electrons. The van der Waals surface area contributed by atoms with Crippen LogP contribution in [0.25, 0.3) is 0 Å². The van der Waals surface area contributed by atoms with Crippen LogP contribution in [0.3, 0.4) is 0 Å². The lowest BCUT2D eigenvalue weighted by Crippen LogP contribution is -2.34. The van der Waals surface area contributed by atoms with Crippen LogP contribution in [0, 0.1) is 0 Å². The summed E-state index contributed by atoms with van der Waals surface area (Å²) in [5.41, 5.74) is 0. The number of carbonyl (C=O) groups is 1. The maximum Gasteiger partial charge on any atom is 0.304 e. The maximum absolute atomic E-state index is 10.3. The lowest BCUT2D eigenvalue weighted by Gasteiger charge is -2.19. The molecule has 1 fully saturated rings. The Kier molecular flexibility index (Phi) is 4.14. The molecule has 1 saturated heterocycles. The average Bonchev–Trinajstić information content (AvgIpc) is 2.26. The monoisotopic (exact) mass is 188 g/mol. The van der Waals surface area contributed by atoms with E-state index in [4.69, 9.17) is 5.11 Å². The van der Waals surface area contributed by atoms with Gasteiger partial charge in [-0.25, -0.2) is 0 Å². The highest BCUT2D eigenvalue weighted by Crippen LogP contribution is 1.97. The predicted octanol–water partition coefficient (Wildman–Crippen LogP) is -1.27. The third-order valence-corrected chi connectivity index (χ3v) is 2.10. The zero-order valence-corrected chi connectivity index (χ0v) is 7.57. The van der Waals surface area contributed by atoms with Crippen LogP contribution in [0.5, 0.6) is 0 Å². The number of hydrogen-bond donors (Lipinski definition) is 3. The van der Waals surface area contributed by atoms with Crippen molar-refractivity contribution < 1.29 is 15.0 Å². The van der Waals surface area contributed by atoms with E-state index in [1.54, 1.807) is 0 Å². The van der Waals surface area contributed by atoms with E-state index in [1.807, 2.05) is 4.90 Å². The molecule has 1 heterocycles. The summed E-state index contributed by atoms with van der Waals surface area (Å²) in [4.78, 5) is 12.3. The van der Waals surface area contributed by atoms with Crippen molar-refractivity contribution >= 4 is 5.97 Å². The Morgan fingerprint density at radius 2 is 2.38 bits per heavy atom. The molecular formula is C8H16N2O3. The van der Waals surface area contributed by atoms with E-state index >= 15 is 0 Å². The summed E-state index contributed by atoms with van der Waals surface area (Å²) in [6, 6.07) is 0. The molecule has 0 aromatic heterocycles. The molecule has 0 radical (unpaired) electrons. The first-order chi connectivity index (χ1) is 6.18. The third kappa shape index (κ3) is 4.21. The first kappa shape index (κ1) is 10.4. The van der Waals surface area contributed by atoms with Crippen LogP contribution in [-0.4, -0.2) is 59.9 Å². The van der Waals surface area contributed by atoms with Crippen molar-refractivity contribution in [2.45, 2.75) is 12.5 Å². The van der Waals surface area contributed by atoms with Crippen LogP contribution < -0.4 is 5.32 Å². The van der Waals surface area contributed by atoms with Gasteiger partial charge in [-0.2, -0.15) is 0 Å². The SMILES string of the molecule is O=C(O)CCN1CCNCC(O)C1. The number of nitrogens with zero attached hydrogens (tertiary/aromatic N) is 1. The summed E-state index contributed by atoms with van der Waals surface area (Å²) >= 11 is 0. The minimum Gasteiger partial charge on any atom is -0.481 e. The Hall–Kier alpha value is -0.650. The van der Waals surface area contributed by atoms with Gasteiger partial charge in [0.2, 0.25) is 0 Å². The first-order valence-corrected chi connectivity index (χ1v) is 4.51.